The maximum atomic E-state index is 9.71. The Balaban J connectivity index is 1.89. The van der Waals surface area contributed by atoms with Crippen LogP contribution in [0.25, 0.3) is 0 Å². The molecule has 0 saturated carbocycles. The summed E-state index contributed by atoms with van der Waals surface area (Å²) in [6.45, 7) is 0.542. The van der Waals surface area contributed by atoms with Gasteiger partial charge >= 0.3 is 0 Å². The van der Waals surface area contributed by atoms with Gasteiger partial charge in [0.2, 0.25) is 0 Å². The van der Waals surface area contributed by atoms with Crippen LogP contribution in [0.5, 0.6) is 0 Å². The minimum Gasteiger partial charge on any atom is -0.395 e. The number of benzene rings is 1. The maximum Gasteiger partial charge on any atom is 0.0987 e. The molecular formula is C12H16O3S. The van der Waals surface area contributed by atoms with Crippen molar-refractivity contribution in [1.82, 2.24) is 0 Å². The summed E-state index contributed by atoms with van der Waals surface area (Å²) in [5.74, 6) is 0.644. The predicted molar refractivity (Wildman–Crippen MR) is 64.4 cm³/mol. The molecule has 0 aromatic heterocycles. The van der Waals surface area contributed by atoms with Gasteiger partial charge in [0.05, 0.1) is 30.7 Å². The highest BCUT2D eigenvalue weighted by molar-refractivity contribution is 8.00. The van der Waals surface area contributed by atoms with E-state index in [4.69, 9.17) is 9.84 Å². The van der Waals surface area contributed by atoms with Gasteiger partial charge in [-0.3, -0.25) is 0 Å². The van der Waals surface area contributed by atoms with E-state index < -0.39 is 6.10 Å². The van der Waals surface area contributed by atoms with Crippen LogP contribution in [-0.2, 0) is 11.3 Å². The molecule has 1 saturated heterocycles. The zero-order valence-electron chi connectivity index (χ0n) is 8.95. The molecule has 1 aromatic carbocycles. The molecule has 3 nitrogen and oxygen atoms in total. The van der Waals surface area contributed by atoms with E-state index in [0.717, 1.165) is 5.56 Å². The van der Waals surface area contributed by atoms with Gasteiger partial charge in [0.25, 0.3) is 0 Å². The summed E-state index contributed by atoms with van der Waals surface area (Å²) < 4.78 is 5.67. The smallest absolute Gasteiger partial charge is 0.0987 e. The van der Waals surface area contributed by atoms with Crippen molar-refractivity contribution in [3.05, 3.63) is 35.9 Å². The van der Waals surface area contributed by atoms with Gasteiger partial charge in [-0.05, 0) is 5.56 Å². The first kappa shape index (κ1) is 11.9. The number of ether oxygens (including phenoxy) is 1. The third kappa shape index (κ3) is 2.77. The van der Waals surface area contributed by atoms with Crippen molar-refractivity contribution < 1.29 is 14.9 Å². The van der Waals surface area contributed by atoms with Crippen LogP contribution < -0.4 is 0 Å². The molecule has 0 amide bonds. The van der Waals surface area contributed by atoms with Crippen molar-refractivity contribution in [1.29, 1.82) is 0 Å². The summed E-state index contributed by atoms with van der Waals surface area (Å²) in [5, 5.41) is 18.8. The van der Waals surface area contributed by atoms with E-state index in [0.29, 0.717) is 12.4 Å². The molecular weight excluding hydrogens is 224 g/mol. The summed E-state index contributed by atoms with van der Waals surface area (Å²) in [5.41, 5.74) is 1.09. The lowest BCUT2D eigenvalue weighted by Gasteiger charge is -2.20. The van der Waals surface area contributed by atoms with Gasteiger partial charge < -0.3 is 14.9 Å². The average Bonchev–Trinajstić information content (AvgIpc) is 2.69. The van der Waals surface area contributed by atoms with E-state index in [9.17, 15) is 5.11 Å². The minimum atomic E-state index is -0.467. The van der Waals surface area contributed by atoms with Gasteiger partial charge in [-0.25, -0.2) is 0 Å². The highest BCUT2D eigenvalue weighted by Gasteiger charge is 2.35. The summed E-state index contributed by atoms with van der Waals surface area (Å²) in [6.07, 6.45) is -0.721. The Morgan fingerprint density at radius 2 is 2.06 bits per heavy atom. The Bertz CT molecular complexity index is 317. The Morgan fingerprint density at radius 3 is 2.75 bits per heavy atom. The molecule has 0 radical (unpaired) electrons. The van der Waals surface area contributed by atoms with E-state index in [2.05, 4.69) is 0 Å². The zero-order valence-corrected chi connectivity index (χ0v) is 9.77. The van der Waals surface area contributed by atoms with E-state index in [1.807, 2.05) is 30.3 Å². The minimum absolute atomic E-state index is 0.00119. The first-order chi connectivity index (χ1) is 7.81. The normalized spacial score (nSPS) is 29.5. The molecule has 0 aliphatic carbocycles. The lowest BCUT2D eigenvalue weighted by molar-refractivity contribution is -0.0359. The molecule has 1 aromatic rings. The Morgan fingerprint density at radius 1 is 1.31 bits per heavy atom. The first-order valence-electron chi connectivity index (χ1n) is 5.37. The molecule has 1 heterocycles. The van der Waals surface area contributed by atoms with E-state index in [1.54, 1.807) is 11.8 Å². The zero-order chi connectivity index (χ0) is 11.4. The van der Waals surface area contributed by atoms with Crippen molar-refractivity contribution in [3.63, 3.8) is 0 Å². The lowest BCUT2D eigenvalue weighted by Crippen LogP contribution is -2.34. The summed E-state index contributed by atoms with van der Waals surface area (Å²) >= 11 is 1.57. The number of thioether (sulfide) groups is 1. The molecule has 0 spiro atoms. The topological polar surface area (TPSA) is 49.7 Å². The fourth-order valence-electron chi connectivity index (χ4n) is 1.80. The van der Waals surface area contributed by atoms with Crippen molar-refractivity contribution in [2.45, 2.75) is 24.1 Å². The highest BCUT2D eigenvalue weighted by Crippen LogP contribution is 2.29. The second-order valence-electron chi connectivity index (χ2n) is 3.88. The average molecular weight is 240 g/mol. The van der Waals surface area contributed by atoms with Crippen LogP contribution in [0.2, 0.25) is 0 Å². The molecule has 16 heavy (non-hydrogen) atoms. The number of rotatable bonds is 4. The lowest BCUT2D eigenvalue weighted by atomic mass is 10.1. The van der Waals surface area contributed by atoms with Crippen LogP contribution in [0.1, 0.15) is 5.56 Å². The second-order valence-corrected chi connectivity index (χ2v) is 5.16. The molecule has 1 unspecified atom stereocenters. The molecule has 2 N–H and O–H groups in total. The Labute approximate surface area is 99.4 Å². The Hall–Kier alpha value is -0.550. The third-order valence-electron chi connectivity index (χ3n) is 2.69. The van der Waals surface area contributed by atoms with Crippen LogP contribution in [0, 0.1) is 0 Å². The van der Waals surface area contributed by atoms with Crippen molar-refractivity contribution >= 4 is 11.8 Å². The van der Waals surface area contributed by atoms with Crippen molar-refractivity contribution in [2.24, 2.45) is 0 Å². The van der Waals surface area contributed by atoms with E-state index in [-0.39, 0.29) is 18.0 Å². The van der Waals surface area contributed by atoms with E-state index in [1.165, 1.54) is 0 Å². The number of aliphatic hydroxyl groups is 2. The number of aliphatic hydroxyl groups excluding tert-OH is 2. The molecule has 1 aliphatic rings. The summed E-state index contributed by atoms with van der Waals surface area (Å²) in [6, 6.07) is 9.86. The van der Waals surface area contributed by atoms with Gasteiger partial charge in [-0.2, -0.15) is 11.8 Å². The van der Waals surface area contributed by atoms with Gasteiger partial charge in [0.1, 0.15) is 0 Å². The molecule has 1 aliphatic heterocycles. The molecule has 1 fully saturated rings. The molecule has 88 valence electrons. The highest BCUT2D eigenvalue weighted by atomic mass is 32.2. The Kier molecular flexibility index (Phi) is 4.23. The standard InChI is InChI=1S/C12H16O3S/c13-6-11-12(10(14)8-16-11)15-7-9-4-2-1-3-5-9/h1-5,10-14H,6-8H2/t10?,11-,12-/m1/s1. The van der Waals surface area contributed by atoms with Crippen LogP contribution in [0.4, 0.5) is 0 Å². The number of hydrogen-bond donors (Lipinski definition) is 2. The van der Waals surface area contributed by atoms with Crippen LogP contribution in [0.3, 0.4) is 0 Å². The van der Waals surface area contributed by atoms with Crippen molar-refractivity contribution in [2.75, 3.05) is 12.4 Å². The van der Waals surface area contributed by atoms with E-state index >= 15 is 0 Å². The molecule has 3 atom stereocenters. The fraction of sp³-hybridized carbons (Fsp3) is 0.500. The summed E-state index contributed by atoms with van der Waals surface area (Å²) in [7, 11) is 0. The van der Waals surface area contributed by atoms with Crippen LogP contribution >= 0.6 is 11.8 Å². The van der Waals surface area contributed by atoms with Crippen LogP contribution in [-0.4, -0.2) is 40.0 Å². The fourth-order valence-corrected chi connectivity index (χ4v) is 2.99. The third-order valence-corrected chi connectivity index (χ3v) is 4.07. The first-order valence-corrected chi connectivity index (χ1v) is 6.42. The SMILES string of the molecule is OC[C@H]1SCC(O)[C@H]1OCc1ccccc1. The molecule has 0 bridgehead atoms. The predicted octanol–water partition coefficient (Wildman–Crippen LogP) is 1.04. The second kappa shape index (κ2) is 5.68. The number of hydrogen-bond acceptors (Lipinski definition) is 4. The van der Waals surface area contributed by atoms with Crippen LogP contribution in [0.15, 0.2) is 30.3 Å². The van der Waals surface area contributed by atoms with Gasteiger partial charge in [0.15, 0.2) is 0 Å². The van der Waals surface area contributed by atoms with Gasteiger partial charge in [-0.1, -0.05) is 30.3 Å². The monoisotopic (exact) mass is 240 g/mol. The largest absolute Gasteiger partial charge is 0.395 e. The molecule has 2 rings (SSSR count). The van der Waals surface area contributed by atoms with Gasteiger partial charge in [0, 0.05) is 5.75 Å². The molecule has 4 heteroatoms. The van der Waals surface area contributed by atoms with Crippen molar-refractivity contribution in [3.8, 4) is 0 Å². The van der Waals surface area contributed by atoms with Gasteiger partial charge in [-0.15, -0.1) is 0 Å². The summed E-state index contributed by atoms with van der Waals surface area (Å²) in [4.78, 5) is 0. The maximum absolute atomic E-state index is 9.71. The quantitative estimate of drug-likeness (QED) is 0.825.